The number of benzene rings is 1. The third kappa shape index (κ3) is 15.8. The molecule has 0 amide bonds. The highest BCUT2D eigenvalue weighted by Gasteiger charge is 2.62. The zero-order valence-electron chi connectivity index (χ0n) is 50.8. The lowest BCUT2D eigenvalue weighted by Crippen LogP contribution is -2.61. The summed E-state index contributed by atoms with van der Waals surface area (Å²) in [6.07, 6.45) is 3.74. The second kappa shape index (κ2) is 27.1. The Hall–Kier alpha value is -1.36. The fraction of sp³-hybridized carbons (Fsp3) is 0.887. The molecule has 7 aliphatic rings. The van der Waals surface area contributed by atoms with Gasteiger partial charge in [0, 0.05) is 78.5 Å². The van der Waals surface area contributed by atoms with Gasteiger partial charge < -0.3 is 71.5 Å². The maximum absolute atomic E-state index is 14.3. The highest BCUT2D eigenvalue weighted by molar-refractivity contribution is 6.74. The minimum atomic E-state index is -2.29. The zero-order valence-corrected chi connectivity index (χ0v) is 52.6. The number of carbonyl (C=O) groups is 1. The van der Waals surface area contributed by atoms with E-state index >= 15 is 0 Å². The van der Waals surface area contributed by atoms with Gasteiger partial charge >= 0.3 is 5.97 Å². The molecule has 7 aliphatic heterocycles. The van der Waals surface area contributed by atoms with Crippen LogP contribution < -0.4 is 0 Å². The van der Waals surface area contributed by atoms with Gasteiger partial charge in [-0.05, 0) is 120 Å². The molecule has 8 rings (SSSR count). The molecular weight excluding hydrogens is 1060 g/mol. The van der Waals surface area contributed by atoms with Crippen molar-refractivity contribution < 1.29 is 76.3 Å². The van der Waals surface area contributed by atoms with Crippen LogP contribution in [0.1, 0.15) is 177 Å². The molecule has 18 heteroatoms. The van der Waals surface area contributed by atoms with Crippen LogP contribution >= 0.6 is 11.6 Å². The summed E-state index contributed by atoms with van der Waals surface area (Å²) in [5.41, 5.74) is 1.07. The van der Waals surface area contributed by atoms with Crippen LogP contribution in [0.25, 0.3) is 0 Å². The summed E-state index contributed by atoms with van der Waals surface area (Å²) in [4.78, 5) is 14.3. The van der Waals surface area contributed by atoms with Crippen LogP contribution in [0.15, 0.2) is 30.3 Å². The van der Waals surface area contributed by atoms with Gasteiger partial charge in [-0.3, -0.25) is 4.79 Å². The molecule has 0 radical (unpaired) electrons. The number of alkyl halides is 1. The molecule has 80 heavy (non-hydrogen) atoms. The second-order valence-corrected chi connectivity index (χ2v) is 32.4. The topological polar surface area (TPSA) is 178 Å². The van der Waals surface area contributed by atoms with Gasteiger partial charge in [-0.15, -0.1) is 11.6 Å². The maximum Gasteiger partial charge on any atom is 0.308 e. The summed E-state index contributed by atoms with van der Waals surface area (Å²) in [5.74, 6) is -4.34. The first kappa shape index (κ1) is 64.6. The van der Waals surface area contributed by atoms with Crippen LogP contribution in [0, 0.1) is 17.8 Å². The molecule has 7 saturated heterocycles. The van der Waals surface area contributed by atoms with Crippen molar-refractivity contribution >= 4 is 25.9 Å². The number of aliphatic hydroxyl groups is 2. The lowest BCUT2D eigenvalue weighted by Gasteiger charge is -2.54. The summed E-state index contributed by atoms with van der Waals surface area (Å²) in [7, 11) is 2.74. The molecule has 0 aliphatic carbocycles. The minimum absolute atomic E-state index is 0.0517. The van der Waals surface area contributed by atoms with Crippen molar-refractivity contribution in [3.05, 3.63) is 35.9 Å². The van der Waals surface area contributed by atoms with E-state index in [4.69, 9.17) is 72.9 Å². The predicted molar refractivity (Wildman–Crippen MR) is 305 cm³/mol. The van der Waals surface area contributed by atoms with Gasteiger partial charge in [-0.1, -0.05) is 71.9 Å². The largest absolute Gasteiger partial charge is 0.459 e. The van der Waals surface area contributed by atoms with E-state index in [0.717, 1.165) is 24.8 Å². The Morgan fingerprint density at radius 3 is 2.19 bits per heavy atom. The third-order valence-electron chi connectivity index (χ3n) is 19.5. The van der Waals surface area contributed by atoms with Crippen molar-refractivity contribution in [2.75, 3.05) is 27.9 Å². The SMILES string of the molecule is CO[C@H]1CCCC2(OC)C[C@H](C)[C@@H](C[C@@H](O[Si](C)(C)C(C)(C)C)C[C@H](O)C[C@@H]3CCC[C@H](CC(=O)O[C@H]4C[C@@]5(O[C@H]4CCOCc4ccccc4)O[C@]4(CC[C@@H]5C)C[C@@H](OC)[C@H](Cl)[C@@H](CC[C@H](C)[C@@H]5OC(C)(C)O[C@@H]5[C@H]1O)O4)O3)O2. The Morgan fingerprint density at radius 2 is 1.48 bits per heavy atom. The first-order chi connectivity index (χ1) is 37.8. The number of rotatable bonds is 10. The molecule has 16 nitrogen and oxygen atoms in total. The van der Waals surface area contributed by atoms with Crippen molar-refractivity contribution in [3.8, 4) is 0 Å². The van der Waals surface area contributed by atoms with Crippen molar-refractivity contribution in [2.45, 2.75) is 304 Å². The van der Waals surface area contributed by atoms with Crippen LogP contribution in [0.5, 0.6) is 0 Å². The Bertz CT molecular complexity index is 2100. The van der Waals surface area contributed by atoms with Gasteiger partial charge in [-0.2, -0.15) is 0 Å². The molecular formula is C62H103ClO16Si. The average Bonchev–Trinajstić information content (AvgIpc) is 4.23. The van der Waals surface area contributed by atoms with Crippen LogP contribution in [0.3, 0.4) is 0 Å². The number of halogens is 1. The highest BCUT2D eigenvalue weighted by Crippen LogP contribution is 2.54. The van der Waals surface area contributed by atoms with E-state index in [0.29, 0.717) is 103 Å². The van der Waals surface area contributed by atoms with Crippen molar-refractivity contribution in [2.24, 2.45) is 17.8 Å². The predicted octanol–water partition coefficient (Wildman–Crippen LogP) is 11.1. The number of ether oxygens (including phenoxy) is 12. The fourth-order valence-electron chi connectivity index (χ4n) is 13.8. The molecule has 0 saturated carbocycles. The number of esters is 1. The number of fused-ring (bicyclic) bond motifs is 7. The summed E-state index contributed by atoms with van der Waals surface area (Å²) >= 11 is 7.31. The summed E-state index contributed by atoms with van der Waals surface area (Å²) in [5, 5.41) is 23.7. The summed E-state index contributed by atoms with van der Waals surface area (Å²) in [6, 6.07) is 10.1. The van der Waals surface area contributed by atoms with Crippen LogP contribution in [0.4, 0.5) is 0 Å². The number of methoxy groups -OCH3 is 3. The van der Waals surface area contributed by atoms with Crippen LogP contribution in [-0.2, 0) is 72.7 Å². The van der Waals surface area contributed by atoms with Crippen molar-refractivity contribution in [1.29, 1.82) is 0 Å². The molecule has 1 unspecified atom stereocenters. The Balaban J connectivity index is 1.06. The number of hydrogen-bond acceptors (Lipinski definition) is 16. The molecule has 20 atom stereocenters. The monoisotopic (exact) mass is 1170 g/mol. The summed E-state index contributed by atoms with van der Waals surface area (Å²) < 4.78 is 86.7. The normalized spacial score (nSPS) is 43.0. The van der Waals surface area contributed by atoms with Gasteiger partial charge in [-0.25, -0.2) is 0 Å². The molecule has 8 bridgehead atoms. The van der Waals surface area contributed by atoms with E-state index in [1.807, 2.05) is 44.2 Å². The van der Waals surface area contributed by atoms with E-state index in [2.05, 4.69) is 54.6 Å². The second-order valence-electron chi connectivity index (χ2n) is 27.2. The van der Waals surface area contributed by atoms with E-state index in [9.17, 15) is 15.0 Å². The molecule has 2 spiro atoms. The maximum atomic E-state index is 14.3. The van der Waals surface area contributed by atoms with Crippen molar-refractivity contribution in [1.82, 2.24) is 0 Å². The van der Waals surface area contributed by atoms with Crippen LogP contribution in [-0.4, -0.2) is 160 Å². The number of hydrogen-bond donors (Lipinski definition) is 2. The van der Waals surface area contributed by atoms with Gasteiger partial charge in [0.2, 0.25) is 0 Å². The van der Waals surface area contributed by atoms with E-state index in [1.165, 1.54) is 0 Å². The van der Waals surface area contributed by atoms with Gasteiger partial charge in [0.1, 0.15) is 24.4 Å². The standard InChI is InChI=1S/C62H103ClO16Si/c1-39-24-25-48-54(63)52(68-10)36-61(73-48)29-26-41(3)62(79-61)37-51(47(75-62)27-30-70-38-42-19-15-14-16-20-42)72-53(65)34-45-22-17-21-44(71-45)31-43(64)32-46(78-80(12,13)58(4,5)6)33-50-40(2)35-60(69-11,74-50)28-18-23-49(67-9)55(66)57-56(39)76-59(7,8)77-57/h14-16,19-20,39-41,43-52,54-57,64,66H,17-18,21-38H2,1-13H3/t39-,40-,41-,43+,44-,45+,46-,47-,48+,49-,50+,51-,52+,54+,55-,56-,57+,60?,61+,62+/m0/s1. The van der Waals surface area contributed by atoms with Crippen LogP contribution in [0.2, 0.25) is 18.1 Å². The molecule has 458 valence electrons. The van der Waals surface area contributed by atoms with Gasteiger partial charge in [0.25, 0.3) is 0 Å². The first-order valence-corrected chi connectivity index (χ1v) is 34.0. The first-order valence-electron chi connectivity index (χ1n) is 30.6. The molecule has 7 heterocycles. The number of aliphatic hydroxyl groups excluding tert-OH is 2. The lowest BCUT2D eigenvalue weighted by atomic mass is 9.82. The Kier molecular flexibility index (Phi) is 21.9. The fourth-order valence-corrected chi connectivity index (χ4v) is 15.6. The zero-order chi connectivity index (χ0) is 57.8. The number of carbonyl (C=O) groups excluding carboxylic acids is 1. The lowest BCUT2D eigenvalue weighted by molar-refractivity contribution is -0.414. The van der Waals surface area contributed by atoms with Gasteiger partial charge in [0.15, 0.2) is 31.5 Å². The average molecular weight is 1170 g/mol. The van der Waals surface area contributed by atoms with Gasteiger partial charge in [0.05, 0.1) is 67.2 Å². The van der Waals surface area contributed by atoms with Crippen molar-refractivity contribution in [3.63, 3.8) is 0 Å². The molecule has 1 aromatic rings. The van der Waals surface area contributed by atoms with E-state index < -0.39 is 85.7 Å². The molecule has 7 fully saturated rings. The Morgan fingerprint density at radius 1 is 0.750 bits per heavy atom. The molecule has 1 aromatic carbocycles. The van der Waals surface area contributed by atoms with E-state index in [-0.39, 0.29) is 65.7 Å². The molecule has 2 N–H and O–H groups in total. The molecule has 0 aromatic heterocycles. The smallest absolute Gasteiger partial charge is 0.308 e. The minimum Gasteiger partial charge on any atom is -0.459 e. The summed E-state index contributed by atoms with van der Waals surface area (Å²) in [6.45, 7) is 22.3. The quantitative estimate of drug-likeness (QED) is 0.0978. The highest BCUT2D eigenvalue weighted by atomic mass is 35.5. The third-order valence-corrected chi connectivity index (χ3v) is 24.6. The van der Waals surface area contributed by atoms with E-state index in [1.54, 1.807) is 21.3 Å². The Labute approximate surface area is 485 Å².